The highest BCUT2D eigenvalue weighted by Crippen LogP contribution is 2.26. The third kappa shape index (κ3) is 1.96. The van der Waals surface area contributed by atoms with Gasteiger partial charge in [-0.15, -0.1) is 0 Å². The van der Waals surface area contributed by atoms with Crippen LogP contribution in [0.4, 0.5) is 0 Å². The van der Waals surface area contributed by atoms with E-state index >= 15 is 0 Å². The zero-order valence-corrected chi connectivity index (χ0v) is 9.92. The lowest BCUT2D eigenvalue weighted by atomic mass is 10.2. The summed E-state index contributed by atoms with van der Waals surface area (Å²) in [4.78, 5) is 3.78. The van der Waals surface area contributed by atoms with Crippen molar-refractivity contribution in [2.75, 3.05) is 7.11 Å². The Labute approximate surface area is 97.2 Å². The Hall–Kier alpha value is -1.33. The molecule has 2 aromatic rings. The molecule has 0 fully saturated rings. The predicted molar refractivity (Wildman–Crippen MR) is 61.3 cm³/mol. The fourth-order valence-electron chi connectivity index (χ4n) is 1.44. The molecule has 0 N–H and O–H groups in total. The Morgan fingerprint density at radius 3 is 2.69 bits per heavy atom. The molecule has 84 valence electrons. The lowest BCUT2D eigenvalue weighted by Crippen LogP contribution is -1.96. The SMILES string of the molecule is COc1ccc2ccnc(S(=O)(=O)Cl)c2c1. The number of halogens is 1. The topological polar surface area (TPSA) is 56.3 Å². The van der Waals surface area contributed by atoms with Crippen LogP contribution in [0.15, 0.2) is 35.5 Å². The average molecular weight is 258 g/mol. The molecule has 0 atom stereocenters. The first-order chi connectivity index (χ1) is 7.52. The van der Waals surface area contributed by atoms with Gasteiger partial charge in [0.05, 0.1) is 7.11 Å². The van der Waals surface area contributed by atoms with Crippen molar-refractivity contribution in [2.45, 2.75) is 5.03 Å². The Kier molecular flexibility index (Phi) is 2.73. The van der Waals surface area contributed by atoms with Gasteiger partial charge in [-0.25, -0.2) is 13.4 Å². The average Bonchev–Trinajstić information content (AvgIpc) is 2.26. The summed E-state index contributed by atoms with van der Waals surface area (Å²) < 4.78 is 27.6. The molecule has 1 aromatic heterocycles. The smallest absolute Gasteiger partial charge is 0.279 e. The van der Waals surface area contributed by atoms with Crippen LogP contribution in [0.1, 0.15) is 0 Å². The molecule has 0 aliphatic heterocycles. The van der Waals surface area contributed by atoms with Crippen LogP contribution in [0, 0.1) is 0 Å². The van der Waals surface area contributed by atoms with Crippen LogP contribution in [0.2, 0.25) is 0 Å². The second-order valence-corrected chi connectivity index (χ2v) is 5.62. The van der Waals surface area contributed by atoms with Crippen molar-refractivity contribution in [2.24, 2.45) is 0 Å². The van der Waals surface area contributed by atoms with Crippen molar-refractivity contribution in [3.05, 3.63) is 30.5 Å². The number of nitrogens with zero attached hydrogens (tertiary/aromatic N) is 1. The van der Waals surface area contributed by atoms with Crippen molar-refractivity contribution in [3.8, 4) is 5.75 Å². The highest BCUT2D eigenvalue weighted by molar-refractivity contribution is 8.13. The highest BCUT2D eigenvalue weighted by Gasteiger charge is 2.16. The maximum atomic E-state index is 11.3. The van der Waals surface area contributed by atoms with Gasteiger partial charge >= 0.3 is 0 Å². The third-order valence-corrected chi connectivity index (χ3v) is 3.39. The first kappa shape index (κ1) is 11.2. The molecule has 0 spiro atoms. The van der Waals surface area contributed by atoms with Crippen molar-refractivity contribution in [1.29, 1.82) is 0 Å². The lowest BCUT2D eigenvalue weighted by Gasteiger charge is -2.04. The minimum absolute atomic E-state index is 0.148. The molecular formula is C10H8ClNO3S. The van der Waals surface area contributed by atoms with Crippen LogP contribution >= 0.6 is 10.7 Å². The van der Waals surface area contributed by atoms with Gasteiger partial charge < -0.3 is 4.74 Å². The largest absolute Gasteiger partial charge is 0.497 e. The van der Waals surface area contributed by atoms with E-state index in [1.165, 1.54) is 13.3 Å². The van der Waals surface area contributed by atoms with Gasteiger partial charge in [-0.1, -0.05) is 6.07 Å². The highest BCUT2D eigenvalue weighted by atomic mass is 35.7. The number of fused-ring (bicyclic) bond motifs is 1. The molecule has 2 rings (SSSR count). The molecule has 0 aliphatic rings. The maximum Gasteiger partial charge on any atom is 0.279 e. The second kappa shape index (κ2) is 3.92. The first-order valence-electron chi connectivity index (χ1n) is 4.40. The van der Waals surface area contributed by atoms with E-state index in [2.05, 4.69) is 4.98 Å². The zero-order valence-electron chi connectivity index (χ0n) is 8.34. The van der Waals surface area contributed by atoms with Gasteiger partial charge in [0.25, 0.3) is 9.05 Å². The van der Waals surface area contributed by atoms with Gasteiger partial charge in [0, 0.05) is 22.3 Å². The molecule has 1 aromatic carbocycles. The maximum absolute atomic E-state index is 11.3. The van der Waals surface area contributed by atoms with Gasteiger partial charge in [0.2, 0.25) is 0 Å². The van der Waals surface area contributed by atoms with E-state index in [0.29, 0.717) is 11.1 Å². The summed E-state index contributed by atoms with van der Waals surface area (Å²) in [6.07, 6.45) is 1.41. The summed E-state index contributed by atoms with van der Waals surface area (Å²) in [5, 5.41) is 1.05. The van der Waals surface area contributed by atoms with Gasteiger partial charge in [0.1, 0.15) is 5.75 Å². The predicted octanol–water partition coefficient (Wildman–Crippen LogP) is 2.17. The minimum Gasteiger partial charge on any atom is -0.497 e. The van der Waals surface area contributed by atoms with Crippen LogP contribution in [0.25, 0.3) is 10.8 Å². The molecule has 6 heteroatoms. The number of methoxy groups -OCH3 is 1. The summed E-state index contributed by atoms with van der Waals surface area (Å²) in [5.41, 5.74) is 0. The number of rotatable bonds is 2. The Bertz CT molecular complexity index is 640. The van der Waals surface area contributed by atoms with E-state index in [9.17, 15) is 8.42 Å². The molecule has 0 unspecified atom stereocenters. The quantitative estimate of drug-likeness (QED) is 0.774. The molecule has 0 saturated heterocycles. The van der Waals surface area contributed by atoms with E-state index in [1.54, 1.807) is 24.3 Å². The molecular weight excluding hydrogens is 250 g/mol. The first-order valence-corrected chi connectivity index (χ1v) is 6.71. The molecule has 16 heavy (non-hydrogen) atoms. The second-order valence-electron chi connectivity index (χ2n) is 3.14. The van der Waals surface area contributed by atoms with E-state index in [1.807, 2.05) is 0 Å². The summed E-state index contributed by atoms with van der Waals surface area (Å²) in [6, 6.07) is 6.80. The van der Waals surface area contributed by atoms with E-state index in [-0.39, 0.29) is 5.03 Å². The lowest BCUT2D eigenvalue weighted by molar-refractivity contribution is 0.415. The number of aromatic nitrogens is 1. The van der Waals surface area contributed by atoms with Crippen molar-refractivity contribution < 1.29 is 13.2 Å². The number of hydrogen-bond donors (Lipinski definition) is 0. The summed E-state index contributed by atoms with van der Waals surface area (Å²) in [6.45, 7) is 0. The molecule has 0 bridgehead atoms. The van der Waals surface area contributed by atoms with Gasteiger partial charge in [-0.2, -0.15) is 0 Å². The third-order valence-electron chi connectivity index (χ3n) is 2.17. The summed E-state index contributed by atoms with van der Waals surface area (Å²) >= 11 is 0. The van der Waals surface area contributed by atoms with Gasteiger partial charge in [0.15, 0.2) is 5.03 Å². The Morgan fingerprint density at radius 2 is 2.06 bits per heavy atom. The molecule has 1 heterocycles. The zero-order chi connectivity index (χ0) is 11.8. The monoisotopic (exact) mass is 257 g/mol. The molecule has 0 radical (unpaired) electrons. The van der Waals surface area contributed by atoms with E-state index in [4.69, 9.17) is 15.4 Å². The number of ether oxygens (including phenoxy) is 1. The van der Waals surface area contributed by atoms with Crippen molar-refractivity contribution in [1.82, 2.24) is 4.98 Å². The molecule has 0 aliphatic carbocycles. The van der Waals surface area contributed by atoms with Crippen molar-refractivity contribution >= 4 is 30.5 Å². The van der Waals surface area contributed by atoms with Crippen LogP contribution in [-0.2, 0) is 9.05 Å². The van der Waals surface area contributed by atoms with E-state index < -0.39 is 9.05 Å². The Balaban J connectivity index is 2.85. The fraction of sp³-hybridized carbons (Fsp3) is 0.100. The normalized spacial score (nSPS) is 11.6. The van der Waals surface area contributed by atoms with Crippen LogP contribution in [-0.4, -0.2) is 20.5 Å². The van der Waals surface area contributed by atoms with Gasteiger partial charge in [-0.3, -0.25) is 0 Å². The fourth-order valence-corrected chi connectivity index (χ4v) is 2.44. The summed E-state index contributed by atoms with van der Waals surface area (Å²) in [7, 11) is 2.96. The van der Waals surface area contributed by atoms with Crippen LogP contribution < -0.4 is 4.74 Å². The number of benzene rings is 1. The number of pyridine rings is 1. The number of hydrogen-bond acceptors (Lipinski definition) is 4. The van der Waals surface area contributed by atoms with E-state index in [0.717, 1.165) is 5.39 Å². The summed E-state index contributed by atoms with van der Waals surface area (Å²) in [5.74, 6) is 0.557. The van der Waals surface area contributed by atoms with Gasteiger partial charge in [-0.05, 0) is 23.6 Å². The molecule has 4 nitrogen and oxygen atoms in total. The molecule has 0 saturated carbocycles. The standard InChI is InChI=1S/C10H8ClNO3S/c1-15-8-3-2-7-4-5-12-10(9(7)6-8)16(11,13)14/h2-6H,1H3. The molecule has 0 amide bonds. The van der Waals surface area contributed by atoms with Crippen molar-refractivity contribution in [3.63, 3.8) is 0 Å². The van der Waals surface area contributed by atoms with Crippen LogP contribution in [0.3, 0.4) is 0 Å². The van der Waals surface area contributed by atoms with Crippen LogP contribution in [0.5, 0.6) is 5.75 Å². The minimum atomic E-state index is -3.85. The Morgan fingerprint density at radius 1 is 1.31 bits per heavy atom.